The Hall–Kier alpha value is -3.64. The molecule has 2 atom stereocenters. The zero-order valence-corrected chi connectivity index (χ0v) is 19.2. The van der Waals surface area contributed by atoms with Crippen molar-refractivity contribution in [3.63, 3.8) is 0 Å². The molecule has 1 aliphatic rings. The van der Waals surface area contributed by atoms with Crippen LogP contribution in [-0.4, -0.2) is 35.4 Å². The summed E-state index contributed by atoms with van der Waals surface area (Å²) in [6, 6.07) is 20.9. The molecule has 4 rings (SSSR count). The van der Waals surface area contributed by atoms with Crippen molar-refractivity contribution < 1.29 is 19.0 Å². The third kappa shape index (κ3) is 5.23. The van der Waals surface area contributed by atoms with Crippen LogP contribution in [0.25, 0.3) is 0 Å². The predicted octanol–water partition coefficient (Wildman–Crippen LogP) is 4.06. The fraction of sp³-hybridized carbons (Fsp3) is 0.192. The van der Waals surface area contributed by atoms with Gasteiger partial charge in [-0.05, 0) is 62.4 Å². The van der Waals surface area contributed by atoms with Crippen LogP contribution in [0.15, 0.2) is 72.8 Å². The van der Waals surface area contributed by atoms with Crippen LogP contribution in [0.3, 0.4) is 0 Å². The van der Waals surface area contributed by atoms with Gasteiger partial charge in [0.1, 0.15) is 5.75 Å². The lowest BCUT2D eigenvalue weighted by Gasteiger charge is -2.15. The molecule has 3 aromatic carbocycles. The Morgan fingerprint density at radius 3 is 2.36 bits per heavy atom. The van der Waals surface area contributed by atoms with Gasteiger partial charge in [0.15, 0.2) is 6.04 Å². The smallest absolute Gasteiger partial charge is 0.304 e. The highest BCUT2D eigenvalue weighted by Crippen LogP contribution is 2.26. The highest BCUT2D eigenvalue weighted by molar-refractivity contribution is 6.30. The summed E-state index contributed by atoms with van der Waals surface area (Å²) >= 11 is 5.93. The number of hydrazone groups is 1. The molecule has 1 saturated heterocycles. The van der Waals surface area contributed by atoms with Crippen molar-refractivity contribution in [3.8, 4) is 5.75 Å². The average Bonchev–Trinajstić information content (AvgIpc) is 3.10. The number of halogens is 1. The number of aryl methyl sites for hydroxylation is 1. The van der Waals surface area contributed by atoms with Crippen LogP contribution in [0.1, 0.15) is 40.0 Å². The SMILES string of the molecule is CCOc1ccc(/C=[N+]2\NC(=O)[C@H](NC(=O)c3ccc(Cl)cc3)[C@H]2c2ccc(C)cc2)cc1. The summed E-state index contributed by atoms with van der Waals surface area (Å²) in [7, 11) is 0. The van der Waals surface area contributed by atoms with Gasteiger partial charge in [-0.15, -0.1) is 10.1 Å². The zero-order valence-electron chi connectivity index (χ0n) is 18.4. The maximum absolute atomic E-state index is 13.0. The van der Waals surface area contributed by atoms with E-state index in [1.165, 1.54) is 0 Å². The minimum atomic E-state index is -0.783. The van der Waals surface area contributed by atoms with Gasteiger partial charge in [-0.25, -0.2) is 0 Å². The Kier molecular flexibility index (Phi) is 6.75. The molecular formula is C26H25ClN3O3+. The van der Waals surface area contributed by atoms with E-state index in [1.807, 2.05) is 68.6 Å². The summed E-state index contributed by atoms with van der Waals surface area (Å²) in [5.41, 5.74) is 6.23. The molecule has 1 fully saturated rings. The van der Waals surface area contributed by atoms with Gasteiger partial charge in [-0.2, -0.15) is 0 Å². The third-order valence-electron chi connectivity index (χ3n) is 5.43. The molecule has 0 aliphatic carbocycles. The van der Waals surface area contributed by atoms with E-state index < -0.39 is 12.1 Å². The lowest BCUT2D eigenvalue weighted by Crippen LogP contribution is -2.42. The molecular weight excluding hydrogens is 438 g/mol. The van der Waals surface area contributed by atoms with E-state index in [-0.39, 0.29) is 11.8 Å². The summed E-state index contributed by atoms with van der Waals surface area (Å²) in [6.07, 6.45) is 1.85. The Labute approximate surface area is 197 Å². The Bertz CT molecular complexity index is 1170. The van der Waals surface area contributed by atoms with Crippen molar-refractivity contribution in [2.45, 2.75) is 25.9 Å². The van der Waals surface area contributed by atoms with Crippen LogP contribution in [0.5, 0.6) is 5.75 Å². The summed E-state index contributed by atoms with van der Waals surface area (Å²) in [4.78, 5) is 25.8. The van der Waals surface area contributed by atoms with Crippen molar-refractivity contribution in [1.29, 1.82) is 0 Å². The van der Waals surface area contributed by atoms with Gasteiger partial charge in [-0.3, -0.25) is 9.59 Å². The molecule has 6 nitrogen and oxygen atoms in total. The number of benzene rings is 3. The highest BCUT2D eigenvalue weighted by atomic mass is 35.5. The Morgan fingerprint density at radius 2 is 1.73 bits per heavy atom. The van der Waals surface area contributed by atoms with Gasteiger partial charge in [0, 0.05) is 21.7 Å². The number of amides is 2. The second-order valence-electron chi connectivity index (χ2n) is 7.83. The lowest BCUT2D eigenvalue weighted by atomic mass is 9.98. The second-order valence-corrected chi connectivity index (χ2v) is 8.26. The molecule has 0 saturated carbocycles. The van der Waals surface area contributed by atoms with Gasteiger partial charge in [-0.1, -0.05) is 41.4 Å². The maximum atomic E-state index is 13.0. The second kappa shape index (κ2) is 9.88. The normalized spacial score (nSPS) is 18.8. The van der Waals surface area contributed by atoms with E-state index in [1.54, 1.807) is 28.9 Å². The molecule has 0 radical (unpaired) electrons. The van der Waals surface area contributed by atoms with Crippen molar-refractivity contribution in [2.24, 2.45) is 0 Å². The van der Waals surface area contributed by atoms with E-state index in [9.17, 15) is 9.59 Å². The van der Waals surface area contributed by atoms with Crippen LogP contribution in [0, 0.1) is 6.92 Å². The topological polar surface area (TPSA) is 70.4 Å². The molecule has 0 spiro atoms. The van der Waals surface area contributed by atoms with Crippen LogP contribution >= 0.6 is 11.6 Å². The quantitative estimate of drug-likeness (QED) is 0.543. The number of ether oxygens (including phenoxy) is 1. The van der Waals surface area contributed by atoms with Crippen LogP contribution in [-0.2, 0) is 4.79 Å². The van der Waals surface area contributed by atoms with Gasteiger partial charge < -0.3 is 10.1 Å². The summed E-state index contributed by atoms with van der Waals surface area (Å²) < 4.78 is 7.25. The number of rotatable bonds is 6. The molecule has 1 heterocycles. The molecule has 1 aliphatic heterocycles. The first-order valence-corrected chi connectivity index (χ1v) is 11.1. The van der Waals surface area contributed by atoms with Crippen LogP contribution in [0.4, 0.5) is 0 Å². The first-order valence-electron chi connectivity index (χ1n) is 10.7. The summed E-state index contributed by atoms with van der Waals surface area (Å²) in [5.74, 6) is 0.153. The third-order valence-corrected chi connectivity index (χ3v) is 5.68. The number of carbonyl (C=O) groups is 2. The lowest BCUT2D eigenvalue weighted by molar-refractivity contribution is -0.596. The van der Waals surface area contributed by atoms with Crippen LogP contribution < -0.4 is 15.5 Å². The number of carbonyl (C=O) groups excluding carboxylic acids is 2. The molecule has 3 aromatic rings. The molecule has 0 aromatic heterocycles. The average molecular weight is 463 g/mol. The van der Waals surface area contributed by atoms with Crippen molar-refractivity contribution in [3.05, 3.63) is 100 Å². The minimum Gasteiger partial charge on any atom is -0.494 e. The number of nitrogens with one attached hydrogen (secondary N) is 2. The van der Waals surface area contributed by atoms with Crippen LogP contribution in [0.2, 0.25) is 5.02 Å². The van der Waals surface area contributed by atoms with Crippen molar-refractivity contribution >= 4 is 29.6 Å². The van der Waals surface area contributed by atoms with Gasteiger partial charge >= 0.3 is 5.91 Å². The fourth-order valence-corrected chi connectivity index (χ4v) is 3.87. The predicted molar refractivity (Wildman–Crippen MR) is 128 cm³/mol. The Morgan fingerprint density at radius 1 is 1.06 bits per heavy atom. The van der Waals surface area contributed by atoms with Gasteiger partial charge in [0.05, 0.1) is 6.61 Å². The monoisotopic (exact) mass is 462 g/mol. The van der Waals surface area contributed by atoms with Crippen molar-refractivity contribution in [2.75, 3.05) is 6.61 Å². The first kappa shape index (κ1) is 22.6. The van der Waals surface area contributed by atoms with E-state index in [0.717, 1.165) is 22.4 Å². The zero-order chi connectivity index (χ0) is 23.4. The molecule has 0 unspecified atom stereocenters. The number of nitrogens with zero attached hydrogens (tertiary/aromatic N) is 1. The van der Waals surface area contributed by atoms with E-state index in [4.69, 9.17) is 16.3 Å². The first-order chi connectivity index (χ1) is 15.9. The molecule has 0 bridgehead atoms. The number of hydrogen-bond donors (Lipinski definition) is 2. The fourth-order valence-electron chi connectivity index (χ4n) is 3.75. The van der Waals surface area contributed by atoms with E-state index in [2.05, 4.69) is 10.7 Å². The maximum Gasteiger partial charge on any atom is 0.304 e. The highest BCUT2D eigenvalue weighted by Gasteiger charge is 2.47. The standard InChI is InChI=1S/C26H24ClN3O3/c1-3-33-22-14-6-18(7-15-22)16-30-24(19-8-4-17(2)5-9-19)23(26(32)29-30)28-25(31)20-10-12-21(27)13-11-20/h4-16,23-24H,3H2,1-2H3,(H-,28,29,31,32)/p+1/b30-16-/t23-,24-/m1/s1. The van der Waals surface area contributed by atoms with E-state index in [0.29, 0.717) is 17.2 Å². The number of hydrogen-bond acceptors (Lipinski definition) is 3. The minimum absolute atomic E-state index is 0.287. The molecule has 7 heteroatoms. The number of hydrazine groups is 1. The Balaban J connectivity index is 1.66. The van der Waals surface area contributed by atoms with E-state index >= 15 is 0 Å². The van der Waals surface area contributed by atoms with Crippen molar-refractivity contribution in [1.82, 2.24) is 10.7 Å². The van der Waals surface area contributed by atoms with Gasteiger partial charge in [0.2, 0.25) is 12.3 Å². The molecule has 33 heavy (non-hydrogen) atoms. The molecule has 168 valence electrons. The largest absolute Gasteiger partial charge is 0.494 e. The summed E-state index contributed by atoms with van der Waals surface area (Å²) in [5, 5.41) is 3.43. The molecule has 2 N–H and O–H groups in total. The molecule has 2 amide bonds. The van der Waals surface area contributed by atoms with Gasteiger partial charge in [0.25, 0.3) is 5.91 Å². The summed E-state index contributed by atoms with van der Waals surface area (Å²) in [6.45, 7) is 4.53.